The molecule has 4 heteroatoms. The van der Waals surface area contributed by atoms with E-state index in [2.05, 4.69) is 5.32 Å². The van der Waals surface area contributed by atoms with Gasteiger partial charge in [-0.15, -0.1) is 0 Å². The zero-order chi connectivity index (χ0) is 12.1. The van der Waals surface area contributed by atoms with Gasteiger partial charge in [-0.25, -0.2) is 0 Å². The molecule has 2 saturated carbocycles. The zero-order valence-electron chi connectivity index (χ0n) is 10.5. The summed E-state index contributed by atoms with van der Waals surface area (Å²) in [6.07, 6.45) is 5.01. The van der Waals surface area contributed by atoms with Gasteiger partial charge in [0.25, 0.3) is 0 Å². The van der Waals surface area contributed by atoms with E-state index in [1.165, 1.54) is 12.8 Å². The monoisotopic (exact) mass is 243 g/mol. The third-order valence-electron chi connectivity index (χ3n) is 3.69. The molecule has 0 spiro atoms. The third-order valence-corrected chi connectivity index (χ3v) is 3.69. The largest absolute Gasteiger partial charge is 0.393 e. The molecule has 0 aromatic rings. The number of hydrogen-bond donors (Lipinski definition) is 3. The van der Waals surface area contributed by atoms with Gasteiger partial charge in [-0.05, 0) is 50.5 Å². The molecule has 2 rings (SSSR count). The van der Waals surface area contributed by atoms with Crippen LogP contribution in [0.2, 0.25) is 0 Å². The van der Waals surface area contributed by atoms with Crippen molar-refractivity contribution in [2.75, 3.05) is 26.3 Å². The summed E-state index contributed by atoms with van der Waals surface area (Å²) in [5.74, 6) is 1.33. The second kappa shape index (κ2) is 6.69. The van der Waals surface area contributed by atoms with Gasteiger partial charge in [-0.2, -0.15) is 0 Å². The van der Waals surface area contributed by atoms with E-state index in [1.807, 2.05) is 0 Å². The van der Waals surface area contributed by atoms with Crippen LogP contribution in [-0.2, 0) is 4.74 Å². The van der Waals surface area contributed by atoms with Crippen molar-refractivity contribution in [3.8, 4) is 0 Å². The molecule has 3 unspecified atom stereocenters. The van der Waals surface area contributed by atoms with E-state index in [-0.39, 0.29) is 6.10 Å². The van der Waals surface area contributed by atoms with Gasteiger partial charge in [0.15, 0.2) is 0 Å². The fraction of sp³-hybridized carbons (Fsp3) is 1.00. The Hall–Kier alpha value is -0.160. The molecule has 0 radical (unpaired) electrons. The van der Waals surface area contributed by atoms with Gasteiger partial charge in [0.1, 0.15) is 0 Å². The van der Waals surface area contributed by atoms with Gasteiger partial charge >= 0.3 is 0 Å². The summed E-state index contributed by atoms with van der Waals surface area (Å²) in [6.45, 7) is 2.75. The number of aliphatic hydroxyl groups is 2. The Kier molecular flexibility index (Phi) is 5.22. The van der Waals surface area contributed by atoms with E-state index in [9.17, 15) is 10.2 Å². The van der Waals surface area contributed by atoms with Crippen LogP contribution in [-0.4, -0.2) is 48.7 Å². The molecule has 0 saturated heterocycles. The van der Waals surface area contributed by atoms with Crippen LogP contribution in [0.25, 0.3) is 0 Å². The molecule has 2 aliphatic carbocycles. The van der Waals surface area contributed by atoms with Crippen molar-refractivity contribution >= 4 is 0 Å². The minimum atomic E-state index is -0.403. The summed E-state index contributed by atoms with van der Waals surface area (Å²) in [4.78, 5) is 0. The van der Waals surface area contributed by atoms with Gasteiger partial charge in [-0.3, -0.25) is 0 Å². The first-order valence-corrected chi connectivity index (χ1v) is 6.88. The normalized spacial score (nSPS) is 30.7. The van der Waals surface area contributed by atoms with Gasteiger partial charge in [0, 0.05) is 13.2 Å². The maximum atomic E-state index is 9.67. The molecule has 0 amide bonds. The molecule has 0 aromatic heterocycles. The van der Waals surface area contributed by atoms with Crippen molar-refractivity contribution in [1.82, 2.24) is 5.32 Å². The van der Waals surface area contributed by atoms with Crippen molar-refractivity contribution in [3.05, 3.63) is 0 Å². The second-order valence-electron chi connectivity index (χ2n) is 5.63. The number of rotatable bonds is 8. The lowest BCUT2D eigenvalue weighted by atomic mass is 10.1. The van der Waals surface area contributed by atoms with Crippen LogP contribution in [0.5, 0.6) is 0 Å². The van der Waals surface area contributed by atoms with E-state index in [0.717, 1.165) is 38.3 Å². The summed E-state index contributed by atoms with van der Waals surface area (Å²) < 4.78 is 5.43. The van der Waals surface area contributed by atoms with Crippen molar-refractivity contribution in [3.63, 3.8) is 0 Å². The number of hydrogen-bond acceptors (Lipinski definition) is 4. The van der Waals surface area contributed by atoms with E-state index in [4.69, 9.17) is 4.74 Å². The van der Waals surface area contributed by atoms with Crippen LogP contribution in [0.3, 0.4) is 0 Å². The quantitative estimate of drug-likeness (QED) is 0.582. The van der Waals surface area contributed by atoms with E-state index < -0.39 is 6.10 Å². The number of aliphatic hydroxyl groups excluding tert-OH is 2. The first kappa shape index (κ1) is 13.3. The highest BCUT2D eigenvalue weighted by Gasteiger charge is 2.23. The SMILES string of the molecule is OC(CNCC1CCC(O)C1)COCC1CC1. The second-order valence-corrected chi connectivity index (χ2v) is 5.63. The molecular weight excluding hydrogens is 218 g/mol. The summed E-state index contributed by atoms with van der Waals surface area (Å²) in [5.41, 5.74) is 0. The van der Waals surface area contributed by atoms with E-state index >= 15 is 0 Å². The van der Waals surface area contributed by atoms with Crippen LogP contribution >= 0.6 is 0 Å². The molecule has 3 atom stereocenters. The number of nitrogens with one attached hydrogen (secondary N) is 1. The van der Waals surface area contributed by atoms with Crippen LogP contribution < -0.4 is 5.32 Å². The Morgan fingerprint density at radius 1 is 1.18 bits per heavy atom. The molecule has 4 nitrogen and oxygen atoms in total. The van der Waals surface area contributed by atoms with Gasteiger partial charge in [0.05, 0.1) is 18.8 Å². The van der Waals surface area contributed by atoms with Gasteiger partial charge in [-0.1, -0.05) is 0 Å². The van der Waals surface area contributed by atoms with Crippen molar-refractivity contribution in [1.29, 1.82) is 0 Å². The van der Waals surface area contributed by atoms with E-state index in [1.54, 1.807) is 0 Å². The topological polar surface area (TPSA) is 61.7 Å². The fourth-order valence-electron chi connectivity index (χ4n) is 2.40. The van der Waals surface area contributed by atoms with E-state index in [0.29, 0.717) is 19.1 Å². The Morgan fingerprint density at radius 3 is 2.59 bits per heavy atom. The molecule has 0 heterocycles. The third kappa shape index (κ3) is 5.34. The first-order chi connectivity index (χ1) is 8.24. The highest BCUT2D eigenvalue weighted by molar-refractivity contribution is 4.76. The molecule has 2 fully saturated rings. The summed E-state index contributed by atoms with van der Waals surface area (Å²) >= 11 is 0. The molecule has 17 heavy (non-hydrogen) atoms. The number of ether oxygens (including phenoxy) is 1. The lowest BCUT2D eigenvalue weighted by Crippen LogP contribution is -2.33. The van der Waals surface area contributed by atoms with Crippen molar-refractivity contribution < 1.29 is 14.9 Å². The lowest BCUT2D eigenvalue weighted by molar-refractivity contribution is 0.0321. The summed E-state index contributed by atoms with van der Waals surface area (Å²) in [5, 5.41) is 22.3. The fourth-order valence-corrected chi connectivity index (χ4v) is 2.40. The summed E-state index contributed by atoms with van der Waals surface area (Å²) in [7, 11) is 0. The average Bonchev–Trinajstić information content (AvgIpc) is 3.02. The van der Waals surface area contributed by atoms with Crippen molar-refractivity contribution in [2.45, 2.75) is 44.3 Å². The molecule has 2 aliphatic rings. The smallest absolute Gasteiger partial charge is 0.0897 e. The van der Waals surface area contributed by atoms with Crippen LogP contribution in [0.4, 0.5) is 0 Å². The maximum Gasteiger partial charge on any atom is 0.0897 e. The Balaban J connectivity index is 1.43. The van der Waals surface area contributed by atoms with Crippen LogP contribution in [0.15, 0.2) is 0 Å². The predicted molar refractivity (Wildman–Crippen MR) is 65.8 cm³/mol. The Morgan fingerprint density at radius 2 is 1.94 bits per heavy atom. The van der Waals surface area contributed by atoms with Gasteiger partial charge < -0.3 is 20.3 Å². The van der Waals surface area contributed by atoms with Crippen LogP contribution in [0.1, 0.15) is 32.1 Å². The molecule has 100 valence electrons. The Labute approximate surface area is 103 Å². The Bertz CT molecular complexity index is 221. The minimum absolute atomic E-state index is 0.103. The minimum Gasteiger partial charge on any atom is -0.393 e. The standard InChI is InChI=1S/C13H25NO3/c15-12-4-3-11(5-12)6-14-7-13(16)9-17-8-10-1-2-10/h10-16H,1-9H2. The lowest BCUT2D eigenvalue weighted by Gasteiger charge is -2.14. The highest BCUT2D eigenvalue weighted by Crippen LogP contribution is 2.28. The molecule has 0 bridgehead atoms. The molecule has 3 N–H and O–H groups in total. The predicted octanol–water partition coefficient (Wildman–Crippen LogP) is 0.524. The van der Waals surface area contributed by atoms with Gasteiger partial charge in [0.2, 0.25) is 0 Å². The van der Waals surface area contributed by atoms with Crippen molar-refractivity contribution in [2.24, 2.45) is 11.8 Å². The average molecular weight is 243 g/mol. The molecular formula is C13H25NO3. The summed E-state index contributed by atoms with van der Waals surface area (Å²) in [6, 6.07) is 0. The van der Waals surface area contributed by atoms with Crippen LogP contribution in [0, 0.1) is 11.8 Å². The zero-order valence-corrected chi connectivity index (χ0v) is 10.5. The molecule has 0 aliphatic heterocycles. The maximum absolute atomic E-state index is 9.67. The molecule has 0 aromatic carbocycles. The first-order valence-electron chi connectivity index (χ1n) is 6.88. The highest BCUT2D eigenvalue weighted by atomic mass is 16.5.